The molecule has 6 nitrogen and oxygen atoms in total. The number of hydrogen-bond donors (Lipinski definition) is 2. The van der Waals surface area contributed by atoms with Crippen LogP contribution in [0.15, 0.2) is 48.5 Å². The molecule has 0 saturated heterocycles. The number of aliphatic carboxylic acids is 1. The Morgan fingerprint density at radius 1 is 1.07 bits per heavy atom. The Kier molecular flexibility index (Phi) is 7.68. The molecule has 0 spiro atoms. The number of ketones is 1. The van der Waals surface area contributed by atoms with E-state index in [0.717, 1.165) is 11.6 Å². The quantitative estimate of drug-likeness (QED) is 0.609. The van der Waals surface area contributed by atoms with E-state index in [0.29, 0.717) is 0 Å². The van der Waals surface area contributed by atoms with Gasteiger partial charge in [0.05, 0.1) is 13.2 Å². The number of benzene rings is 2. The van der Waals surface area contributed by atoms with Gasteiger partial charge in [-0.3, -0.25) is 14.4 Å². The molecule has 0 bridgehead atoms. The molecular weight excluding hydrogens is 365 g/mol. The molecule has 0 aromatic heterocycles. The van der Waals surface area contributed by atoms with Crippen molar-refractivity contribution in [3.05, 3.63) is 65.5 Å². The van der Waals surface area contributed by atoms with E-state index in [4.69, 9.17) is 9.84 Å². The van der Waals surface area contributed by atoms with Gasteiger partial charge < -0.3 is 15.2 Å². The van der Waals surface area contributed by atoms with Gasteiger partial charge in [0.1, 0.15) is 0 Å². The van der Waals surface area contributed by atoms with Gasteiger partial charge in [0.2, 0.25) is 5.91 Å². The number of carbonyl (C=O) groups excluding carboxylic acids is 2. The summed E-state index contributed by atoms with van der Waals surface area (Å²) in [6, 6.07) is 12.5. The van der Waals surface area contributed by atoms with Crippen molar-refractivity contribution < 1.29 is 28.6 Å². The minimum Gasteiger partial charge on any atom is -0.494 e. The van der Waals surface area contributed by atoms with Crippen molar-refractivity contribution in [1.29, 1.82) is 0 Å². The maximum absolute atomic E-state index is 13.7. The molecule has 28 heavy (non-hydrogen) atoms. The number of halogens is 1. The number of amides is 1. The lowest BCUT2D eigenvalue weighted by molar-refractivity contribution is -0.137. The summed E-state index contributed by atoms with van der Waals surface area (Å²) < 4.78 is 18.5. The summed E-state index contributed by atoms with van der Waals surface area (Å²) in [5.41, 5.74) is 0.956. The Bertz CT molecular complexity index is 838. The normalized spacial score (nSPS) is 11.5. The van der Waals surface area contributed by atoms with E-state index in [1.807, 2.05) is 6.07 Å². The first-order valence-corrected chi connectivity index (χ1v) is 8.83. The zero-order chi connectivity index (χ0) is 20.5. The van der Waals surface area contributed by atoms with Crippen LogP contribution in [0.2, 0.25) is 0 Å². The SMILES string of the molecule is COc1ccc(C(=O)CCC(=O)NC(CCC(=O)O)c2ccccc2)cc1F. The van der Waals surface area contributed by atoms with Gasteiger partial charge in [-0.1, -0.05) is 30.3 Å². The van der Waals surface area contributed by atoms with Crippen LogP contribution in [0.4, 0.5) is 4.39 Å². The van der Waals surface area contributed by atoms with Gasteiger partial charge >= 0.3 is 5.97 Å². The van der Waals surface area contributed by atoms with Crippen molar-refractivity contribution in [2.75, 3.05) is 7.11 Å². The van der Waals surface area contributed by atoms with Gasteiger partial charge in [-0.15, -0.1) is 0 Å². The van der Waals surface area contributed by atoms with E-state index >= 15 is 0 Å². The van der Waals surface area contributed by atoms with Crippen molar-refractivity contribution in [2.24, 2.45) is 0 Å². The number of carbonyl (C=O) groups is 3. The monoisotopic (exact) mass is 387 g/mol. The lowest BCUT2D eigenvalue weighted by Crippen LogP contribution is -2.29. The van der Waals surface area contributed by atoms with E-state index < -0.39 is 17.8 Å². The summed E-state index contributed by atoms with van der Waals surface area (Å²) in [5.74, 6) is -2.29. The second kappa shape index (κ2) is 10.2. The molecule has 2 rings (SSSR count). The van der Waals surface area contributed by atoms with Crippen LogP contribution in [0.3, 0.4) is 0 Å². The maximum Gasteiger partial charge on any atom is 0.303 e. The van der Waals surface area contributed by atoms with Crippen LogP contribution in [0, 0.1) is 5.82 Å². The van der Waals surface area contributed by atoms with Gasteiger partial charge in [-0.25, -0.2) is 4.39 Å². The Morgan fingerprint density at radius 3 is 2.39 bits per heavy atom. The predicted molar refractivity (Wildman–Crippen MR) is 101 cm³/mol. The second-order valence-electron chi connectivity index (χ2n) is 6.24. The molecule has 7 heteroatoms. The van der Waals surface area contributed by atoms with Crippen molar-refractivity contribution in [3.8, 4) is 5.75 Å². The Morgan fingerprint density at radius 2 is 1.79 bits per heavy atom. The summed E-state index contributed by atoms with van der Waals surface area (Å²) in [6.07, 6.45) is -0.0203. The van der Waals surface area contributed by atoms with Gasteiger partial charge in [-0.2, -0.15) is 0 Å². The molecule has 2 aromatic rings. The van der Waals surface area contributed by atoms with Gasteiger partial charge in [0.25, 0.3) is 0 Å². The topological polar surface area (TPSA) is 92.7 Å². The number of carboxylic acid groups (broad SMARTS) is 1. The van der Waals surface area contributed by atoms with Crippen LogP contribution in [0.25, 0.3) is 0 Å². The lowest BCUT2D eigenvalue weighted by Gasteiger charge is -2.18. The minimum atomic E-state index is -0.952. The highest BCUT2D eigenvalue weighted by atomic mass is 19.1. The summed E-state index contributed by atoms with van der Waals surface area (Å²) in [6.45, 7) is 0. The average molecular weight is 387 g/mol. The number of ether oxygens (including phenoxy) is 1. The van der Waals surface area contributed by atoms with E-state index in [1.165, 1.54) is 19.2 Å². The Balaban J connectivity index is 1.95. The fraction of sp³-hybridized carbons (Fsp3) is 0.286. The Labute approximate surface area is 162 Å². The molecule has 0 heterocycles. The predicted octanol–water partition coefficient (Wildman–Crippen LogP) is 3.52. The molecular formula is C21H22FNO5. The van der Waals surface area contributed by atoms with Crippen molar-refractivity contribution in [1.82, 2.24) is 5.32 Å². The molecule has 0 fully saturated rings. The van der Waals surface area contributed by atoms with Crippen LogP contribution in [-0.4, -0.2) is 29.9 Å². The third kappa shape index (κ3) is 6.19. The number of carboxylic acids is 1. The number of hydrogen-bond acceptors (Lipinski definition) is 4. The molecule has 0 aliphatic heterocycles. The second-order valence-corrected chi connectivity index (χ2v) is 6.24. The Hall–Kier alpha value is -3.22. The lowest BCUT2D eigenvalue weighted by atomic mass is 10.0. The van der Waals surface area contributed by atoms with Gasteiger partial charge in [-0.05, 0) is 30.2 Å². The van der Waals surface area contributed by atoms with E-state index in [9.17, 15) is 18.8 Å². The highest BCUT2D eigenvalue weighted by Crippen LogP contribution is 2.20. The molecule has 1 atom stereocenters. The molecule has 2 aromatic carbocycles. The molecule has 0 saturated carbocycles. The summed E-state index contributed by atoms with van der Waals surface area (Å²) in [7, 11) is 1.33. The summed E-state index contributed by atoms with van der Waals surface area (Å²) in [4.78, 5) is 35.3. The average Bonchev–Trinajstić information content (AvgIpc) is 2.69. The number of rotatable bonds is 10. The van der Waals surface area contributed by atoms with E-state index in [-0.39, 0.29) is 48.7 Å². The fourth-order valence-electron chi connectivity index (χ4n) is 2.75. The molecule has 0 aliphatic rings. The molecule has 0 aliphatic carbocycles. The third-order valence-electron chi connectivity index (χ3n) is 4.24. The van der Waals surface area contributed by atoms with E-state index in [2.05, 4.69) is 5.32 Å². The standard InChI is InChI=1S/C21H22FNO5/c1-28-19-10-7-15(13-16(19)22)18(24)9-11-20(25)23-17(8-12-21(26)27)14-5-3-2-4-6-14/h2-7,10,13,17H,8-9,11-12H2,1H3,(H,23,25)(H,26,27). The number of methoxy groups -OCH3 is 1. The van der Waals surface area contributed by atoms with Gasteiger partial charge in [0.15, 0.2) is 17.3 Å². The highest BCUT2D eigenvalue weighted by molar-refractivity contribution is 5.98. The maximum atomic E-state index is 13.7. The highest BCUT2D eigenvalue weighted by Gasteiger charge is 2.17. The zero-order valence-electron chi connectivity index (χ0n) is 15.5. The minimum absolute atomic E-state index is 0.0402. The van der Waals surface area contributed by atoms with Crippen LogP contribution in [0.1, 0.15) is 47.6 Å². The number of Topliss-reactive ketones (excluding diaryl/α,β-unsaturated/α-hetero) is 1. The summed E-state index contributed by atoms with van der Waals surface area (Å²) in [5, 5.41) is 11.7. The van der Waals surface area contributed by atoms with Crippen molar-refractivity contribution in [2.45, 2.75) is 31.7 Å². The van der Waals surface area contributed by atoms with Crippen LogP contribution in [0.5, 0.6) is 5.75 Å². The zero-order valence-corrected chi connectivity index (χ0v) is 15.5. The van der Waals surface area contributed by atoms with Gasteiger partial charge in [0, 0.05) is 24.8 Å². The van der Waals surface area contributed by atoms with Crippen molar-refractivity contribution in [3.63, 3.8) is 0 Å². The number of nitrogens with one attached hydrogen (secondary N) is 1. The fourth-order valence-corrected chi connectivity index (χ4v) is 2.75. The molecule has 1 unspecified atom stereocenters. The van der Waals surface area contributed by atoms with E-state index in [1.54, 1.807) is 24.3 Å². The smallest absolute Gasteiger partial charge is 0.303 e. The first-order valence-electron chi connectivity index (χ1n) is 8.83. The first-order chi connectivity index (χ1) is 13.4. The molecule has 0 radical (unpaired) electrons. The van der Waals surface area contributed by atoms with Crippen molar-refractivity contribution >= 4 is 17.7 Å². The third-order valence-corrected chi connectivity index (χ3v) is 4.24. The largest absolute Gasteiger partial charge is 0.494 e. The summed E-state index contributed by atoms with van der Waals surface area (Å²) >= 11 is 0. The van der Waals surface area contributed by atoms with Crippen LogP contribution < -0.4 is 10.1 Å². The molecule has 1 amide bonds. The molecule has 2 N–H and O–H groups in total. The van der Waals surface area contributed by atoms with Crippen LogP contribution >= 0.6 is 0 Å². The van der Waals surface area contributed by atoms with Crippen LogP contribution in [-0.2, 0) is 9.59 Å². The molecule has 148 valence electrons. The first kappa shape index (κ1) is 21.1.